The van der Waals surface area contributed by atoms with Gasteiger partial charge in [0.15, 0.2) is 0 Å². The summed E-state index contributed by atoms with van der Waals surface area (Å²) in [6.07, 6.45) is 1.60. The van der Waals surface area contributed by atoms with Crippen LogP contribution in [-0.4, -0.2) is 36.2 Å². The third-order valence-corrected chi connectivity index (χ3v) is 3.85. The number of carbonyl (C=O) groups excluding carboxylic acids is 1. The van der Waals surface area contributed by atoms with E-state index in [1.54, 1.807) is 17.0 Å². The summed E-state index contributed by atoms with van der Waals surface area (Å²) >= 11 is 0. The maximum atomic E-state index is 12.0. The molecule has 1 aromatic rings. The van der Waals surface area contributed by atoms with E-state index in [0.29, 0.717) is 24.7 Å². The number of carbonyl (C=O) groups is 1. The number of hydrogen-bond donors (Lipinski definition) is 1. The fraction of sp³-hybridized carbons (Fsp3) is 0.588. The summed E-state index contributed by atoms with van der Waals surface area (Å²) in [4.78, 5) is 24.6. The Labute approximate surface area is 137 Å². The Kier molecular flexibility index (Phi) is 5.58. The highest BCUT2D eigenvalue weighted by atomic mass is 16.6. The molecule has 6 nitrogen and oxygen atoms in total. The fourth-order valence-electron chi connectivity index (χ4n) is 2.60. The van der Waals surface area contributed by atoms with Crippen molar-refractivity contribution < 1.29 is 9.53 Å². The predicted molar refractivity (Wildman–Crippen MR) is 90.9 cm³/mol. The number of nitrogens with one attached hydrogen (secondary N) is 1. The molecule has 1 fully saturated rings. The average Bonchev–Trinajstić information content (AvgIpc) is 2.52. The van der Waals surface area contributed by atoms with Gasteiger partial charge in [-0.1, -0.05) is 12.1 Å². The molecule has 1 aliphatic heterocycles. The maximum absolute atomic E-state index is 12.0. The molecule has 0 bridgehead atoms. The van der Waals surface area contributed by atoms with Crippen molar-refractivity contribution in [3.63, 3.8) is 0 Å². The summed E-state index contributed by atoms with van der Waals surface area (Å²) in [5.74, 6) is 0.466. The SMILES string of the molecule is CC(C)(C)OC(=O)N1CCC(CNc2ccccc2N=O)CC1. The highest BCUT2D eigenvalue weighted by molar-refractivity contribution is 5.68. The average molecular weight is 319 g/mol. The molecular weight excluding hydrogens is 294 g/mol. The summed E-state index contributed by atoms with van der Waals surface area (Å²) in [6, 6.07) is 7.22. The summed E-state index contributed by atoms with van der Waals surface area (Å²) in [6.45, 7) is 7.80. The molecular formula is C17H25N3O3. The van der Waals surface area contributed by atoms with Crippen LogP contribution in [0, 0.1) is 10.8 Å². The first-order valence-electron chi connectivity index (χ1n) is 8.03. The number of anilines is 1. The van der Waals surface area contributed by atoms with E-state index < -0.39 is 5.60 Å². The van der Waals surface area contributed by atoms with Crippen molar-refractivity contribution in [2.45, 2.75) is 39.2 Å². The van der Waals surface area contributed by atoms with E-state index in [0.717, 1.165) is 25.1 Å². The van der Waals surface area contributed by atoms with Crippen molar-refractivity contribution in [2.24, 2.45) is 11.1 Å². The van der Waals surface area contributed by atoms with Crippen LogP contribution in [0.3, 0.4) is 0 Å². The third kappa shape index (κ3) is 5.23. The number of nitrogens with zero attached hydrogens (tertiary/aromatic N) is 2. The second kappa shape index (κ2) is 7.44. The summed E-state index contributed by atoms with van der Waals surface area (Å²) < 4.78 is 5.40. The van der Waals surface area contributed by atoms with Crippen LogP contribution in [0.15, 0.2) is 29.4 Å². The first kappa shape index (κ1) is 17.2. The zero-order valence-electron chi connectivity index (χ0n) is 14.0. The van der Waals surface area contributed by atoms with Crippen LogP contribution >= 0.6 is 0 Å². The first-order valence-corrected chi connectivity index (χ1v) is 8.03. The van der Waals surface area contributed by atoms with Crippen LogP contribution in [0.2, 0.25) is 0 Å². The van der Waals surface area contributed by atoms with Crippen LogP contribution in [-0.2, 0) is 4.74 Å². The second-order valence-corrected chi connectivity index (χ2v) is 6.90. The number of hydrogen-bond acceptors (Lipinski definition) is 5. The minimum Gasteiger partial charge on any atom is -0.444 e. The number of likely N-dealkylation sites (tertiary alicyclic amines) is 1. The fourth-order valence-corrected chi connectivity index (χ4v) is 2.60. The lowest BCUT2D eigenvalue weighted by atomic mass is 9.97. The van der Waals surface area contributed by atoms with Crippen molar-refractivity contribution in [1.29, 1.82) is 0 Å². The minimum atomic E-state index is -0.457. The van der Waals surface area contributed by atoms with Crippen LogP contribution in [0.4, 0.5) is 16.2 Å². The van der Waals surface area contributed by atoms with Gasteiger partial charge in [-0.15, -0.1) is 4.91 Å². The van der Waals surface area contributed by atoms with Gasteiger partial charge in [0.2, 0.25) is 0 Å². The van der Waals surface area contributed by atoms with E-state index in [1.807, 2.05) is 32.9 Å². The summed E-state index contributed by atoms with van der Waals surface area (Å²) in [5, 5.41) is 6.31. The van der Waals surface area contributed by atoms with Gasteiger partial charge < -0.3 is 15.0 Å². The van der Waals surface area contributed by atoms with E-state index in [-0.39, 0.29) is 6.09 Å². The van der Waals surface area contributed by atoms with E-state index in [9.17, 15) is 9.70 Å². The number of piperidine rings is 1. The van der Waals surface area contributed by atoms with Gasteiger partial charge in [0.05, 0.1) is 5.69 Å². The van der Waals surface area contributed by atoms with Crippen LogP contribution < -0.4 is 5.32 Å². The van der Waals surface area contributed by atoms with Crippen molar-refractivity contribution in [3.8, 4) is 0 Å². The number of benzene rings is 1. The zero-order chi connectivity index (χ0) is 16.9. The normalized spacial score (nSPS) is 16.0. The van der Waals surface area contributed by atoms with Crippen molar-refractivity contribution >= 4 is 17.5 Å². The predicted octanol–water partition coefficient (Wildman–Crippen LogP) is 4.14. The molecule has 0 aromatic heterocycles. The number of para-hydroxylation sites is 1. The molecule has 0 saturated carbocycles. The van der Waals surface area contributed by atoms with Gasteiger partial charge in [-0.3, -0.25) is 0 Å². The van der Waals surface area contributed by atoms with Gasteiger partial charge in [-0.2, -0.15) is 0 Å². The monoisotopic (exact) mass is 319 g/mol. The van der Waals surface area contributed by atoms with Gasteiger partial charge in [0.25, 0.3) is 0 Å². The van der Waals surface area contributed by atoms with Crippen LogP contribution in [0.25, 0.3) is 0 Å². The summed E-state index contributed by atoms with van der Waals surface area (Å²) in [7, 11) is 0. The molecule has 2 rings (SSSR count). The molecule has 6 heteroatoms. The second-order valence-electron chi connectivity index (χ2n) is 6.90. The van der Waals surface area contributed by atoms with Crippen molar-refractivity contribution in [2.75, 3.05) is 25.0 Å². The molecule has 0 unspecified atom stereocenters. The lowest BCUT2D eigenvalue weighted by Crippen LogP contribution is -2.42. The Morgan fingerprint density at radius 1 is 1.30 bits per heavy atom. The van der Waals surface area contributed by atoms with Crippen LogP contribution in [0.1, 0.15) is 33.6 Å². The molecule has 1 amide bonds. The standard InChI is InChI=1S/C17H25N3O3/c1-17(2,3)23-16(21)20-10-8-13(9-11-20)12-18-14-6-4-5-7-15(14)19-22/h4-7,13,18H,8-12H2,1-3H3. The summed E-state index contributed by atoms with van der Waals surface area (Å²) in [5.41, 5.74) is 0.733. The Balaban J connectivity index is 1.79. The highest BCUT2D eigenvalue weighted by Gasteiger charge is 2.26. The third-order valence-electron chi connectivity index (χ3n) is 3.85. The molecule has 0 spiro atoms. The van der Waals surface area contributed by atoms with Crippen LogP contribution in [0.5, 0.6) is 0 Å². The van der Waals surface area contributed by atoms with E-state index in [1.165, 1.54) is 0 Å². The lowest BCUT2D eigenvalue weighted by molar-refractivity contribution is 0.0188. The van der Waals surface area contributed by atoms with Gasteiger partial charge in [0.1, 0.15) is 11.3 Å². The molecule has 0 aliphatic carbocycles. The molecule has 126 valence electrons. The minimum absolute atomic E-state index is 0.237. The molecule has 0 atom stereocenters. The molecule has 1 aliphatic rings. The molecule has 1 N–H and O–H groups in total. The van der Waals surface area contributed by atoms with E-state index in [2.05, 4.69) is 10.5 Å². The Morgan fingerprint density at radius 3 is 2.57 bits per heavy atom. The van der Waals surface area contributed by atoms with E-state index in [4.69, 9.17) is 4.74 Å². The molecule has 1 aromatic carbocycles. The molecule has 0 radical (unpaired) electrons. The smallest absolute Gasteiger partial charge is 0.410 e. The highest BCUT2D eigenvalue weighted by Crippen LogP contribution is 2.25. The quantitative estimate of drug-likeness (QED) is 0.847. The van der Waals surface area contributed by atoms with E-state index >= 15 is 0 Å². The maximum Gasteiger partial charge on any atom is 0.410 e. The number of ether oxygens (including phenoxy) is 1. The number of nitroso groups, excluding NO2 is 1. The Morgan fingerprint density at radius 2 is 1.96 bits per heavy atom. The van der Waals surface area contributed by atoms with Gasteiger partial charge >= 0.3 is 6.09 Å². The number of rotatable bonds is 4. The topological polar surface area (TPSA) is 71.0 Å². The van der Waals surface area contributed by atoms with Crippen molar-refractivity contribution in [1.82, 2.24) is 4.90 Å². The van der Waals surface area contributed by atoms with Gasteiger partial charge in [-0.25, -0.2) is 4.79 Å². The van der Waals surface area contributed by atoms with Gasteiger partial charge in [0, 0.05) is 19.6 Å². The largest absolute Gasteiger partial charge is 0.444 e. The first-order chi connectivity index (χ1) is 10.9. The Bertz CT molecular complexity index is 546. The lowest BCUT2D eigenvalue weighted by Gasteiger charge is -2.33. The Hall–Kier alpha value is -2.11. The zero-order valence-corrected chi connectivity index (χ0v) is 14.0. The molecule has 1 saturated heterocycles. The molecule has 1 heterocycles. The van der Waals surface area contributed by atoms with Gasteiger partial charge in [-0.05, 0) is 56.8 Å². The number of amides is 1. The molecule has 23 heavy (non-hydrogen) atoms. The van der Waals surface area contributed by atoms with Crippen molar-refractivity contribution in [3.05, 3.63) is 29.2 Å².